The fourth-order valence-corrected chi connectivity index (χ4v) is 3.39. The van der Waals surface area contributed by atoms with Crippen molar-refractivity contribution < 1.29 is 9.21 Å². The molecule has 7 heteroatoms. The normalized spacial score (nSPS) is 17.0. The monoisotopic (exact) mass is 355 g/mol. The summed E-state index contributed by atoms with van der Waals surface area (Å²) in [7, 11) is 0. The highest BCUT2D eigenvalue weighted by atomic mass is 35.5. The lowest BCUT2D eigenvalue weighted by Gasteiger charge is -2.15. The molecule has 21 heavy (non-hydrogen) atoms. The first kappa shape index (κ1) is 14.7. The molecule has 1 aliphatic rings. The quantitative estimate of drug-likeness (QED) is 0.561. The second kappa shape index (κ2) is 5.85. The number of carbonyl (C=O) groups excluding carboxylic acids is 1. The van der Waals surface area contributed by atoms with E-state index in [-0.39, 0.29) is 5.91 Å². The van der Waals surface area contributed by atoms with Crippen LogP contribution in [0.5, 0.6) is 0 Å². The van der Waals surface area contributed by atoms with Gasteiger partial charge in [-0.25, -0.2) is 0 Å². The number of thioether (sulfide) groups is 1. The minimum absolute atomic E-state index is 0.209. The molecular formula is C14H7Cl2NO2S2. The second-order valence-corrected chi connectivity index (χ2v) is 6.62. The highest BCUT2D eigenvalue weighted by Gasteiger charge is 2.33. The number of halogens is 2. The number of carbonyl (C=O) groups is 1. The van der Waals surface area contributed by atoms with Crippen molar-refractivity contribution in [3.63, 3.8) is 0 Å². The SMILES string of the molecule is O=C1C(=Cc2ccco2)SC(=S)N1c1ccc(Cl)c(Cl)c1. The zero-order valence-electron chi connectivity index (χ0n) is 10.4. The maximum absolute atomic E-state index is 12.5. The van der Waals surface area contributed by atoms with E-state index in [1.807, 2.05) is 0 Å². The maximum Gasteiger partial charge on any atom is 0.270 e. The Morgan fingerprint density at radius 1 is 1.24 bits per heavy atom. The molecule has 1 aromatic carbocycles. The molecule has 2 heterocycles. The summed E-state index contributed by atoms with van der Waals surface area (Å²) in [5.41, 5.74) is 0.592. The van der Waals surface area contributed by atoms with Gasteiger partial charge in [-0.1, -0.05) is 47.2 Å². The first-order valence-electron chi connectivity index (χ1n) is 5.83. The van der Waals surface area contributed by atoms with Crippen molar-refractivity contribution in [3.05, 3.63) is 57.3 Å². The molecule has 106 valence electrons. The summed E-state index contributed by atoms with van der Waals surface area (Å²) < 4.78 is 5.65. The summed E-state index contributed by atoms with van der Waals surface area (Å²) in [6.07, 6.45) is 3.21. The van der Waals surface area contributed by atoms with Crippen LogP contribution < -0.4 is 4.90 Å². The van der Waals surface area contributed by atoms with Crippen LogP contribution in [0.1, 0.15) is 5.76 Å². The molecule has 0 unspecified atom stereocenters. The number of benzene rings is 1. The molecule has 0 spiro atoms. The van der Waals surface area contributed by atoms with Gasteiger partial charge < -0.3 is 4.42 Å². The predicted octanol–water partition coefficient (Wildman–Crippen LogP) is 4.99. The molecule has 0 atom stereocenters. The van der Waals surface area contributed by atoms with E-state index < -0.39 is 0 Å². The molecule has 0 aliphatic carbocycles. The summed E-state index contributed by atoms with van der Waals surface area (Å²) in [4.78, 5) is 14.4. The summed E-state index contributed by atoms with van der Waals surface area (Å²) in [6, 6.07) is 8.48. The van der Waals surface area contributed by atoms with Crippen molar-refractivity contribution >= 4 is 69.2 Å². The van der Waals surface area contributed by atoms with E-state index in [1.165, 1.54) is 16.7 Å². The van der Waals surface area contributed by atoms with Gasteiger partial charge in [0, 0.05) is 6.08 Å². The van der Waals surface area contributed by atoms with E-state index in [1.54, 1.807) is 42.7 Å². The van der Waals surface area contributed by atoms with E-state index >= 15 is 0 Å². The second-order valence-electron chi connectivity index (χ2n) is 4.13. The van der Waals surface area contributed by atoms with Gasteiger partial charge in [0.2, 0.25) is 0 Å². The third-order valence-corrected chi connectivity index (χ3v) is 4.81. The van der Waals surface area contributed by atoms with E-state index in [0.29, 0.717) is 30.7 Å². The fraction of sp³-hybridized carbons (Fsp3) is 0. The van der Waals surface area contributed by atoms with Crippen molar-refractivity contribution in [1.82, 2.24) is 0 Å². The molecule has 1 amide bonds. The van der Waals surface area contributed by atoms with E-state index in [9.17, 15) is 4.79 Å². The van der Waals surface area contributed by atoms with Crippen LogP contribution in [0.15, 0.2) is 45.9 Å². The number of thiocarbonyl (C=S) groups is 1. The minimum Gasteiger partial charge on any atom is -0.465 e. The van der Waals surface area contributed by atoms with Crippen LogP contribution in [0.3, 0.4) is 0 Å². The Hall–Kier alpha value is -1.27. The molecule has 0 saturated carbocycles. The molecule has 3 rings (SSSR count). The van der Waals surface area contributed by atoms with Gasteiger partial charge >= 0.3 is 0 Å². The molecule has 1 aromatic heterocycles. The number of hydrogen-bond acceptors (Lipinski definition) is 4. The Morgan fingerprint density at radius 3 is 2.71 bits per heavy atom. The zero-order chi connectivity index (χ0) is 15.0. The summed E-state index contributed by atoms with van der Waals surface area (Å²) in [5.74, 6) is 0.393. The Kier molecular flexibility index (Phi) is 4.08. The van der Waals surface area contributed by atoms with E-state index in [2.05, 4.69) is 0 Å². The van der Waals surface area contributed by atoms with Crippen LogP contribution in [-0.4, -0.2) is 10.2 Å². The van der Waals surface area contributed by atoms with Crippen LogP contribution in [0.4, 0.5) is 5.69 Å². The minimum atomic E-state index is -0.209. The molecule has 0 N–H and O–H groups in total. The third-order valence-electron chi connectivity index (χ3n) is 2.77. The maximum atomic E-state index is 12.5. The number of furan rings is 1. The number of hydrogen-bond donors (Lipinski definition) is 0. The molecule has 1 aliphatic heterocycles. The average molecular weight is 356 g/mol. The molecule has 1 saturated heterocycles. The van der Waals surface area contributed by atoms with Crippen molar-refractivity contribution in [1.29, 1.82) is 0 Å². The Balaban J connectivity index is 1.95. The van der Waals surface area contributed by atoms with Crippen LogP contribution in [0, 0.1) is 0 Å². The van der Waals surface area contributed by atoms with Crippen molar-refractivity contribution in [2.75, 3.05) is 4.90 Å². The van der Waals surface area contributed by atoms with Gasteiger partial charge in [0.15, 0.2) is 4.32 Å². The van der Waals surface area contributed by atoms with Crippen molar-refractivity contribution in [2.24, 2.45) is 0 Å². The van der Waals surface area contributed by atoms with Gasteiger partial charge in [0.1, 0.15) is 5.76 Å². The first-order chi connectivity index (χ1) is 10.1. The lowest BCUT2D eigenvalue weighted by Crippen LogP contribution is -2.27. The Bertz CT molecular complexity index is 756. The lowest BCUT2D eigenvalue weighted by atomic mass is 10.3. The summed E-state index contributed by atoms with van der Waals surface area (Å²) in [5, 5.41) is 0.801. The fourth-order valence-electron chi connectivity index (χ4n) is 1.82. The van der Waals surface area contributed by atoms with E-state index in [0.717, 1.165) is 0 Å². The Morgan fingerprint density at radius 2 is 2.05 bits per heavy atom. The van der Waals surface area contributed by atoms with E-state index in [4.69, 9.17) is 39.8 Å². The summed E-state index contributed by atoms with van der Waals surface area (Å²) in [6.45, 7) is 0. The standard InChI is InChI=1S/C14H7Cl2NO2S2/c15-10-4-3-8(6-11(10)16)17-13(18)12(21-14(17)20)7-9-2-1-5-19-9/h1-7H. The summed E-state index contributed by atoms with van der Waals surface area (Å²) >= 11 is 18.4. The predicted molar refractivity (Wildman–Crippen MR) is 90.8 cm³/mol. The lowest BCUT2D eigenvalue weighted by molar-refractivity contribution is -0.113. The van der Waals surface area contributed by atoms with Crippen molar-refractivity contribution in [3.8, 4) is 0 Å². The molecule has 0 bridgehead atoms. The number of anilines is 1. The molecule has 2 aromatic rings. The zero-order valence-corrected chi connectivity index (χ0v) is 13.5. The highest BCUT2D eigenvalue weighted by molar-refractivity contribution is 8.27. The van der Waals surface area contributed by atoms with Gasteiger partial charge in [-0.15, -0.1) is 0 Å². The van der Waals surface area contributed by atoms with Crippen LogP contribution in [0.25, 0.3) is 6.08 Å². The van der Waals surface area contributed by atoms with Gasteiger partial charge in [-0.3, -0.25) is 9.69 Å². The molecule has 0 radical (unpaired) electrons. The van der Waals surface area contributed by atoms with Gasteiger partial charge in [-0.05, 0) is 30.3 Å². The molecule has 1 fully saturated rings. The van der Waals surface area contributed by atoms with Crippen molar-refractivity contribution in [2.45, 2.75) is 0 Å². The largest absolute Gasteiger partial charge is 0.465 e. The highest BCUT2D eigenvalue weighted by Crippen LogP contribution is 2.37. The van der Waals surface area contributed by atoms with Gasteiger partial charge in [0.05, 0.1) is 26.9 Å². The number of amides is 1. The smallest absolute Gasteiger partial charge is 0.270 e. The van der Waals surface area contributed by atoms with Crippen LogP contribution in [-0.2, 0) is 4.79 Å². The third kappa shape index (κ3) is 2.87. The van der Waals surface area contributed by atoms with Crippen LogP contribution in [0.2, 0.25) is 10.0 Å². The average Bonchev–Trinajstić information content (AvgIpc) is 3.03. The van der Waals surface area contributed by atoms with Crippen LogP contribution >= 0.6 is 47.2 Å². The topological polar surface area (TPSA) is 33.5 Å². The van der Waals surface area contributed by atoms with Gasteiger partial charge in [-0.2, -0.15) is 0 Å². The number of rotatable bonds is 2. The molecular weight excluding hydrogens is 349 g/mol. The molecule has 3 nitrogen and oxygen atoms in total. The Labute approximate surface area is 140 Å². The number of nitrogens with zero attached hydrogens (tertiary/aromatic N) is 1. The first-order valence-corrected chi connectivity index (χ1v) is 7.81. The van der Waals surface area contributed by atoms with Gasteiger partial charge in [0.25, 0.3) is 5.91 Å².